The molecule has 3 aliphatic carbocycles. The highest BCUT2D eigenvalue weighted by atomic mass is 16.4. The SMILES string of the molecule is CC(C(=O)O)(C1CC1)N1C(=O)C2C3C=CC(C3)C2C1=O. The van der Waals surface area contributed by atoms with E-state index in [-0.39, 0.29) is 41.4 Å². The van der Waals surface area contributed by atoms with Crippen LogP contribution in [0.4, 0.5) is 0 Å². The number of allylic oxidation sites excluding steroid dienone is 2. The number of hydrogen-bond acceptors (Lipinski definition) is 3. The normalized spacial score (nSPS) is 41.1. The van der Waals surface area contributed by atoms with Crippen LogP contribution in [0.1, 0.15) is 26.2 Å². The van der Waals surface area contributed by atoms with Crippen LogP contribution in [0.15, 0.2) is 12.2 Å². The summed E-state index contributed by atoms with van der Waals surface area (Å²) in [6, 6.07) is 0. The number of likely N-dealkylation sites (tertiary alicyclic amines) is 1. The first-order valence-corrected chi connectivity index (χ1v) is 7.26. The third-order valence-electron chi connectivity index (χ3n) is 5.74. The van der Waals surface area contributed by atoms with Crippen LogP contribution in [0.25, 0.3) is 0 Å². The van der Waals surface area contributed by atoms with Gasteiger partial charge in [0, 0.05) is 0 Å². The van der Waals surface area contributed by atoms with Crippen molar-refractivity contribution in [3.05, 3.63) is 12.2 Å². The molecule has 2 amide bonds. The summed E-state index contributed by atoms with van der Waals surface area (Å²) >= 11 is 0. The Morgan fingerprint density at radius 2 is 1.70 bits per heavy atom. The molecule has 0 radical (unpaired) electrons. The van der Waals surface area contributed by atoms with Gasteiger partial charge in [-0.3, -0.25) is 14.5 Å². The molecule has 4 rings (SSSR count). The lowest BCUT2D eigenvalue weighted by Gasteiger charge is -2.34. The van der Waals surface area contributed by atoms with E-state index in [1.165, 1.54) is 0 Å². The van der Waals surface area contributed by atoms with E-state index >= 15 is 0 Å². The fourth-order valence-corrected chi connectivity index (χ4v) is 4.46. The van der Waals surface area contributed by atoms with Crippen LogP contribution >= 0.6 is 0 Å². The number of imide groups is 1. The van der Waals surface area contributed by atoms with Crippen LogP contribution in [0, 0.1) is 29.6 Å². The summed E-state index contributed by atoms with van der Waals surface area (Å²) < 4.78 is 0. The van der Waals surface area contributed by atoms with Crippen molar-refractivity contribution in [1.29, 1.82) is 0 Å². The van der Waals surface area contributed by atoms with Gasteiger partial charge in [0.2, 0.25) is 11.8 Å². The van der Waals surface area contributed by atoms with E-state index in [0.717, 1.165) is 24.2 Å². The molecule has 4 aliphatic rings. The van der Waals surface area contributed by atoms with Gasteiger partial charge < -0.3 is 5.11 Å². The molecule has 5 atom stereocenters. The van der Waals surface area contributed by atoms with Gasteiger partial charge in [-0.15, -0.1) is 0 Å². The monoisotopic (exact) mass is 275 g/mol. The van der Waals surface area contributed by atoms with Gasteiger partial charge in [-0.2, -0.15) is 0 Å². The maximum atomic E-state index is 12.7. The first-order chi connectivity index (χ1) is 9.46. The average molecular weight is 275 g/mol. The van der Waals surface area contributed by atoms with Gasteiger partial charge in [0.1, 0.15) is 5.54 Å². The molecule has 5 heteroatoms. The third kappa shape index (κ3) is 1.21. The van der Waals surface area contributed by atoms with E-state index < -0.39 is 11.5 Å². The Labute approximate surface area is 116 Å². The van der Waals surface area contributed by atoms with Crippen LogP contribution in [-0.2, 0) is 14.4 Å². The smallest absolute Gasteiger partial charge is 0.330 e. The summed E-state index contributed by atoms with van der Waals surface area (Å²) in [4.78, 5) is 38.2. The number of aliphatic carboxylic acids is 1. The Kier molecular flexibility index (Phi) is 2.13. The molecular formula is C15H17NO4. The zero-order chi connectivity index (χ0) is 14.2. The molecule has 1 aliphatic heterocycles. The lowest BCUT2D eigenvalue weighted by Crippen LogP contribution is -2.57. The molecule has 0 aromatic rings. The molecule has 1 heterocycles. The lowest BCUT2D eigenvalue weighted by atomic mass is 9.85. The third-order valence-corrected chi connectivity index (χ3v) is 5.74. The van der Waals surface area contributed by atoms with Crippen molar-refractivity contribution in [2.45, 2.75) is 31.7 Å². The molecule has 1 saturated heterocycles. The van der Waals surface area contributed by atoms with Crippen LogP contribution in [-0.4, -0.2) is 33.3 Å². The van der Waals surface area contributed by atoms with E-state index in [1.807, 2.05) is 12.2 Å². The van der Waals surface area contributed by atoms with Crippen molar-refractivity contribution in [1.82, 2.24) is 4.90 Å². The fourth-order valence-electron chi connectivity index (χ4n) is 4.46. The second-order valence-corrected chi connectivity index (χ2v) is 6.74. The van der Waals surface area contributed by atoms with Gasteiger partial charge >= 0.3 is 5.97 Å². The summed E-state index contributed by atoms with van der Waals surface area (Å²) in [6.45, 7) is 1.54. The van der Waals surface area contributed by atoms with Gasteiger partial charge in [-0.25, -0.2) is 4.79 Å². The number of fused-ring (bicyclic) bond motifs is 5. The molecule has 5 unspecified atom stereocenters. The molecule has 106 valence electrons. The van der Waals surface area contributed by atoms with Crippen LogP contribution in [0.5, 0.6) is 0 Å². The number of carbonyl (C=O) groups is 3. The number of carboxylic acid groups (broad SMARTS) is 1. The van der Waals surface area contributed by atoms with E-state index in [2.05, 4.69) is 0 Å². The number of nitrogens with zero attached hydrogens (tertiary/aromatic N) is 1. The molecule has 3 fully saturated rings. The minimum Gasteiger partial charge on any atom is -0.479 e. The Balaban J connectivity index is 1.76. The van der Waals surface area contributed by atoms with E-state index in [4.69, 9.17) is 0 Å². The van der Waals surface area contributed by atoms with Gasteiger partial charge in [-0.1, -0.05) is 12.2 Å². The topological polar surface area (TPSA) is 74.7 Å². The first-order valence-electron chi connectivity index (χ1n) is 7.26. The summed E-state index contributed by atoms with van der Waals surface area (Å²) in [6.07, 6.45) is 6.47. The van der Waals surface area contributed by atoms with Crippen LogP contribution in [0.2, 0.25) is 0 Å². The molecule has 0 spiro atoms. The first kappa shape index (κ1) is 12.1. The molecule has 0 aromatic heterocycles. The maximum absolute atomic E-state index is 12.7. The summed E-state index contributed by atoms with van der Waals surface area (Å²) in [5, 5.41) is 9.59. The van der Waals surface area contributed by atoms with Gasteiger partial charge in [0.25, 0.3) is 0 Å². The lowest BCUT2D eigenvalue weighted by molar-refractivity contribution is -0.164. The van der Waals surface area contributed by atoms with E-state index in [9.17, 15) is 19.5 Å². The molecule has 5 nitrogen and oxygen atoms in total. The highest BCUT2D eigenvalue weighted by Gasteiger charge is 2.66. The summed E-state index contributed by atoms with van der Waals surface area (Å²) in [7, 11) is 0. The Morgan fingerprint density at radius 3 is 2.10 bits per heavy atom. The van der Waals surface area contributed by atoms with Crippen molar-refractivity contribution in [2.24, 2.45) is 29.6 Å². The van der Waals surface area contributed by atoms with E-state index in [0.29, 0.717) is 0 Å². The van der Waals surface area contributed by atoms with Crippen molar-refractivity contribution in [2.75, 3.05) is 0 Å². The van der Waals surface area contributed by atoms with Gasteiger partial charge in [-0.05, 0) is 43.9 Å². The predicted octanol–water partition coefficient (Wildman–Crippen LogP) is 1.05. The van der Waals surface area contributed by atoms with Crippen molar-refractivity contribution < 1.29 is 19.5 Å². The standard InChI is InChI=1S/C15H17NO4/c1-15(14(19)20,9-4-5-9)16-12(17)10-7-2-3-8(6-7)11(10)13(16)18/h2-3,7-11H,4-6H2,1H3,(H,19,20). The summed E-state index contributed by atoms with van der Waals surface area (Å²) in [5.74, 6) is -2.01. The second-order valence-electron chi connectivity index (χ2n) is 6.74. The zero-order valence-corrected chi connectivity index (χ0v) is 11.3. The van der Waals surface area contributed by atoms with E-state index in [1.54, 1.807) is 6.92 Å². The number of amides is 2. The minimum atomic E-state index is -1.35. The highest BCUT2D eigenvalue weighted by Crippen LogP contribution is 2.55. The van der Waals surface area contributed by atoms with Crippen molar-refractivity contribution in [3.63, 3.8) is 0 Å². The molecule has 20 heavy (non-hydrogen) atoms. The quantitative estimate of drug-likeness (QED) is 0.617. The molecule has 1 N–H and O–H groups in total. The average Bonchev–Trinajstić information content (AvgIpc) is 2.98. The predicted molar refractivity (Wildman–Crippen MR) is 68.3 cm³/mol. The highest BCUT2D eigenvalue weighted by molar-refractivity contribution is 6.10. The maximum Gasteiger partial charge on any atom is 0.330 e. The van der Waals surface area contributed by atoms with Gasteiger partial charge in [0.05, 0.1) is 11.8 Å². The molecule has 0 aromatic carbocycles. The summed E-state index contributed by atoms with van der Waals surface area (Å²) in [5.41, 5.74) is -1.35. The van der Waals surface area contributed by atoms with Crippen molar-refractivity contribution >= 4 is 17.8 Å². The Morgan fingerprint density at radius 1 is 1.20 bits per heavy atom. The molecule has 2 bridgehead atoms. The Bertz CT molecular complexity index is 534. The van der Waals surface area contributed by atoms with Crippen LogP contribution < -0.4 is 0 Å². The number of hydrogen-bond donors (Lipinski definition) is 1. The number of rotatable bonds is 3. The van der Waals surface area contributed by atoms with Gasteiger partial charge in [0.15, 0.2) is 0 Å². The van der Waals surface area contributed by atoms with Crippen molar-refractivity contribution in [3.8, 4) is 0 Å². The largest absolute Gasteiger partial charge is 0.479 e. The number of carbonyl (C=O) groups excluding carboxylic acids is 2. The van der Waals surface area contributed by atoms with Crippen LogP contribution in [0.3, 0.4) is 0 Å². The number of carboxylic acids is 1. The second kappa shape index (κ2) is 3.51. The Hall–Kier alpha value is -1.65. The zero-order valence-electron chi connectivity index (χ0n) is 11.3. The fraction of sp³-hybridized carbons (Fsp3) is 0.667. The molecule has 2 saturated carbocycles. The molecular weight excluding hydrogens is 258 g/mol. The minimum absolute atomic E-state index is 0.0858.